The Balaban J connectivity index is 1.91. The van der Waals surface area contributed by atoms with E-state index in [1.54, 1.807) is 0 Å². The van der Waals surface area contributed by atoms with E-state index in [0.29, 0.717) is 28.5 Å². The number of nitrogens with one attached hydrogen (secondary N) is 1. The minimum absolute atomic E-state index is 0.0471. The van der Waals surface area contributed by atoms with Crippen molar-refractivity contribution in [3.8, 4) is 0 Å². The molecule has 0 atom stereocenters. The Bertz CT molecular complexity index is 1040. The summed E-state index contributed by atoms with van der Waals surface area (Å²) >= 11 is 1.17. The zero-order chi connectivity index (χ0) is 20.7. The number of anilines is 1. The molecule has 2 aromatic heterocycles. The molecule has 28 heavy (non-hydrogen) atoms. The van der Waals surface area contributed by atoms with Gasteiger partial charge in [0.1, 0.15) is 5.01 Å². The smallest absolute Gasteiger partial charge is 0.379 e. The van der Waals surface area contributed by atoms with Crippen molar-refractivity contribution < 1.29 is 26.3 Å². The second kappa shape index (κ2) is 7.08. The second-order valence-electron chi connectivity index (χ2n) is 5.78. The summed E-state index contributed by atoms with van der Waals surface area (Å²) < 4.78 is 78.5. The molecular weight excluding hydrogens is 410 g/mol. The van der Waals surface area contributed by atoms with Gasteiger partial charge in [-0.1, -0.05) is 18.3 Å². The van der Waals surface area contributed by atoms with E-state index in [0.717, 1.165) is 10.6 Å². The highest BCUT2D eigenvalue weighted by atomic mass is 32.1. The monoisotopic (exact) mass is 422 g/mol. The third-order valence-corrected chi connectivity index (χ3v) is 4.76. The Morgan fingerprint density at radius 2 is 1.64 bits per heavy atom. The summed E-state index contributed by atoms with van der Waals surface area (Å²) in [6.45, 7) is 1.61. The highest BCUT2D eigenvalue weighted by molar-refractivity contribution is 7.16. The predicted molar refractivity (Wildman–Crippen MR) is 90.3 cm³/mol. The number of halogens is 6. The van der Waals surface area contributed by atoms with Crippen LogP contribution in [0.3, 0.4) is 0 Å². The number of alkyl halides is 6. The van der Waals surface area contributed by atoms with Crippen LogP contribution in [0.2, 0.25) is 0 Å². The van der Waals surface area contributed by atoms with E-state index in [1.807, 2.05) is 6.92 Å². The Morgan fingerprint density at radius 3 is 2.18 bits per heavy atom. The SMILES string of the molecule is CCc1nn2c(=O)cc(CNc3cc(C(F)(F)F)cc(C(F)(F)F)c3)nc2s1. The summed E-state index contributed by atoms with van der Waals surface area (Å²) in [6, 6.07) is 2.31. The normalized spacial score (nSPS) is 12.5. The van der Waals surface area contributed by atoms with Gasteiger partial charge in [-0.25, -0.2) is 4.98 Å². The number of hydrogen-bond acceptors (Lipinski definition) is 5. The number of hydrogen-bond donors (Lipinski definition) is 1. The van der Waals surface area contributed by atoms with Crippen molar-refractivity contribution in [2.75, 3.05) is 5.32 Å². The molecule has 1 N–H and O–H groups in total. The molecule has 0 fully saturated rings. The average molecular weight is 422 g/mol. The molecule has 0 saturated carbocycles. The fourth-order valence-corrected chi connectivity index (χ4v) is 3.24. The molecule has 1 aromatic carbocycles. The number of nitrogens with zero attached hydrogens (tertiary/aromatic N) is 3. The lowest BCUT2D eigenvalue weighted by atomic mass is 10.1. The minimum Gasteiger partial charge on any atom is -0.379 e. The fraction of sp³-hybridized carbons (Fsp3) is 0.312. The van der Waals surface area contributed by atoms with Gasteiger partial charge in [0.05, 0.1) is 23.4 Å². The Morgan fingerprint density at radius 1 is 1.04 bits per heavy atom. The molecule has 2 heterocycles. The summed E-state index contributed by atoms with van der Waals surface area (Å²) in [5, 5.41) is 7.20. The highest BCUT2D eigenvalue weighted by Crippen LogP contribution is 2.37. The molecule has 0 aliphatic heterocycles. The van der Waals surface area contributed by atoms with Crippen LogP contribution in [0.15, 0.2) is 29.1 Å². The summed E-state index contributed by atoms with van der Waals surface area (Å²) in [5.41, 5.74) is -3.56. The van der Waals surface area contributed by atoms with Crippen molar-refractivity contribution in [3.05, 3.63) is 56.4 Å². The molecular formula is C16H12F6N4OS. The second-order valence-corrected chi connectivity index (χ2v) is 6.82. The van der Waals surface area contributed by atoms with Crippen molar-refractivity contribution >= 4 is 22.0 Å². The molecule has 150 valence electrons. The lowest BCUT2D eigenvalue weighted by Crippen LogP contribution is -2.17. The van der Waals surface area contributed by atoms with E-state index in [9.17, 15) is 31.1 Å². The van der Waals surface area contributed by atoms with Gasteiger partial charge in [0.15, 0.2) is 0 Å². The first-order chi connectivity index (χ1) is 13.0. The van der Waals surface area contributed by atoms with Crippen molar-refractivity contribution in [2.24, 2.45) is 0 Å². The van der Waals surface area contributed by atoms with E-state index in [-0.39, 0.29) is 24.0 Å². The van der Waals surface area contributed by atoms with Crippen molar-refractivity contribution in [3.63, 3.8) is 0 Å². The van der Waals surface area contributed by atoms with Crippen molar-refractivity contribution in [1.82, 2.24) is 14.6 Å². The first-order valence-corrected chi connectivity index (χ1v) is 8.71. The molecule has 0 saturated heterocycles. The van der Waals surface area contributed by atoms with E-state index in [2.05, 4.69) is 15.4 Å². The number of rotatable bonds is 4. The molecule has 0 spiro atoms. The molecule has 3 aromatic rings. The van der Waals surface area contributed by atoms with Gasteiger partial charge in [-0.05, 0) is 24.6 Å². The number of benzene rings is 1. The Labute approximate surface area is 157 Å². The zero-order valence-electron chi connectivity index (χ0n) is 14.1. The van der Waals surface area contributed by atoms with Crippen molar-refractivity contribution in [2.45, 2.75) is 32.2 Å². The maximum atomic E-state index is 12.9. The number of aryl methyl sites for hydroxylation is 1. The standard InChI is InChI=1S/C16H12F6N4OS/c1-2-12-25-26-13(27)6-11(24-14(26)28-12)7-23-10-4-8(15(17,18)19)3-9(5-10)16(20,21)22/h3-6,23H,2,7H2,1H3. The molecule has 0 radical (unpaired) electrons. The number of aromatic nitrogens is 3. The summed E-state index contributed by atoms with van der Waals surface area (Å²) in [7, 11) is 0. The van der Waals surface area contributed by atoms with E-state index in [1.165, 1.54) is 11.3 Å². The van der Waals surface area contributed by atoms with Crippen LogP contribution in [0, 0.1) is 0 Å². The van der Waals surface area contributed by atoms with Crippen molar-refractivity contribution in [1.29, 1.82) is 0 Å². The third kappa shape index (κ3) is 4.26. The van der Waals surface area contributed by atoms with Gasteiger partial charge < -0.3 is 5.32 Å². The minimum atomic E-state index is -4.94. The Hall–Kier alpha value is -2.63. The Kier molecular flexibility index (Phi) is 5.08. The maximum Gasteiger partial charge on any atom is 0.416 e. The van der Waals surface area contributed by atoms with E-state index in [4.69, 9.17) is 0 Å². The van der Waals surface area contributed by atoms with Gasteiger partial charge in [-0.3, -0.25) is 4.79 Å². The summed E-state index contributed by atoms with van der Waals surface area (Å²) in [5.74, 6) is 0. The van der Waals surface area contributed by atoms with Gasteiger partial charge in [-0.2, -0.15) is 36.0 Å². The first kappa shape index (κ1) is 20.1. The molecule has 12 heteroatoms. The predicted octanol–water partition coefficient (Wildman–Crippen LogP) is 4.36. The van der Waals surface area contributed by atoms with Gasteiger partial charge in [0.2, 0.25) is 4.96 Å². The summed E-state index contributed by atoms with van der Waals surface area (Å²) in [6.07, 6.45) is -9.29. The molecule has 5 nitrogen and oxygen atoms in total. The fourth-order valence-electron chi connectivity index (χ4n) is 2.38. The highest BCUT2D eigenvalue weighted by Gasteiger charge is 2.36. The first-order valence-electron chi connectivity index (χ1n) is 7.89. The van der Waals surface area contributed by atoms with Crippen LogP contribution >= 0.6 is 11.3 Å². The van der Waals surface area contributed by atoms with Gasteiger partial charge in [-0.15, -0.1) is 0 Å². The molecule has 0 amide bonds. The molecule has 0 aliphatic carbocycles. The van der Waals surface area contributed by atoms with Crippen LogP contribution < -0.4 is 10.9 Å². The molecule has 0 bridgehead atoms. The van der Waals surface area contributed by atoms with E-state index >= 15 is 0 Å². The molecule has 0 unspecified atom stereocenters. The lowest BCUT2D eigenvalue weighted by Gasteiger charge is -2.15. The summed E-state index contributed by atoms with van der Waals surface area (Å²) in [4.78, 5) is 16.5. The largest absolute Gasteiger partial charge is 0.416 e. The average Bonchev–Trinajstić information content (AvgIpc) is 3.02. The quantitative estimate of drug-likeness (QED) is 0.635. The maximum absolute atomic E-state index is 12.9. The van der Waals surface area contributed by atoms with Gasteiger partial charge >= 0.3 is 12.4 Å². The van der Waals surface area contributed by atoms with E-state index < -0.39 is 29.0 Å². The topological polar surface area (TPSA) is 59.3 Å². The molecule has 0 aliphatic rings. The van der Waals surface area contributed by atoms with Crippen LogP contribution in [0.4, 0.5) is 32.0 Å². The van der Waals surface area contributed by atoms with Crippen LogP contribution in [0.5, 0.6) is 0 Å². The zero-order valence-corrected chi connectivity index (χ0v) is 15.0. The van der Waals surface area contributed by atoms with Gasteiger partial charge in [0, 0.05) is 11.8 Å². The van der Waals surface area contributed by atoms with Gasteiger partial charge in [0.25, 0.3) is 5.56 Å². The lowest BCUT2D eigenvalue weighted by molar-refractivity contribution is -0.143. The third-order valence-electron chi connectivity index (χ3n) is 3.70. The van der Waals surface area contributed by atoms with Crippen LogP contribution in [0.1, 0.15) is 28.8 Å². The molecule has 3 rings (SSSR count). The van der Waals surface area contributed by atoms with Crippen LogP contribution in [0.25, 0.3) is 4.96 Å². The number of fused-ring (bicyclic) bond motifs is 1. The van der Waals surface area contributed by atoms with Crippen LogP contribution in [-0.2, 0) is 25.3 Å². The van der Waals surface area contributed by atoms with Crippen LogP contribution in [-0.4, -0.2) is 14.6 Å².